The van der Waals surface area contributed by atoms with Gasteiger partial charge in [-0.25, -0.2) is 0 Å². The van der Waals surface area contributed by atoms with E-state index in [0.717, 1.165) is 0 Å². The number of hydrogen-bond acceptors (Lipinski definition) is 1. The van der Waals surface area contributed by atoms with E-state index < -0.39 is 0 Å². The van der Waals surface area contributed by atoms with Crippen molar-refractivity contribution in [2.75, 3.05) is 4.90 Å². The Morgan fingerprint density at radius 2 is 1.14 bits per heavy atom. The highest BCUT2D eigenvalue weighted by atomic mass is 15.2. The summed E-state index contributed by atoms with van der Waals surface area (Å²) < 4.78 is 0. The van der Waals surface area contributed by atoms with Gasteiger partial charge in [-0.1, -0.05) is 47.6 Å². The quantitative estimate of drug-likeness (QED) is 0.669. The predicted octanol–water partition coefficient (Wildman–Crippen LogP) is 5.90. The van der Waals surface area contributed by atoms with Crippen molar-refractivity contribution in [3.05, 3.63) is 29.3 Å². The van der Waals surface area contributed by atoms with E-state index in [1.807, 2.05) is 0 Å². The van der Waals surface area contributed by atoms with Gasteiger partial charge in [-0.05, 0) is 61.8 Å². The first-order chi connectivity index (χ1) is 9.35. The molecule has 0 fully saturated rings. The predicted molar refractivity (Wildman–Crippen MR) is 96.6 cm³/mol. The van der Waals surface area contributed by atoms with Gasteiger partial charge in [0.1, 0.15) is 0 Å². The first kappa shape index (κ1) is 18.1. The zero-order chi connectivity index (χ0) is 16.6. The minimum Gasteiger partial charge on any atom is -0.367 e. The van der Waals surface area contributed by atoms with Gasteiger partial charge in [0.2, 0.25) is 0 Å². The fourth-order valence-electron chi connectivity index (χ4n) is 3.16. The molecular formula is C20H35N. The van der Waals surface area contributed by atoms with Crippen LogP contribution in [0, 0.1) is 0 Å². The number of nitrogens with zero attached hydrogens (tertiary/aromatic N) is 1. The van der Waals surface area contributed by atoms with Crippen molar-refractivity contribution in [1.82, 2.24) is 0 Å². The van der Waals surface area contributed by atoms with E-state index >= 15 is 0 Å². The molecule has 1 aromatic rings. The monoisotopic (exact) mass is 289 g/mol. The van der Waals surface area contributed by atoms with E-state index in [2.05, 4.69) is 92.3 Å². The number of rotatable bonds is 3. The Kier molecular flexibility index (Phi) is 5.18. The van der Waals surface area contributed by atoms with Crippen LogP contribution in [0.2, 0.25) is 0 Å². The summed E-state index contributed by atoms with van der Waals surface area (Å²) in [5.41, 5.74) is 4.63. The first-order valence-electron chi connectivity index (χ1n) is 8.29. The van der Waals surface area contributed by atoms with Crippen molar-refractivity contribution in [1.29, 1.82) is 0 Å². The summed E-state index contributed by atoms with van der Waals surface area (Å²) in [4.78, 5) is 2.50. The Morgan fingerprint density at radius 3 is 1.48 bits per heavy atom. The van der Waals surface area contributed by atoms with Crippen LogP contribution in [0.1, 0.15) is 80.4 Å². The molecule has 0 saturated carbocycles. The largest absolute Gasteiger partial charge is 0.367 e. The molecule has 0 bridgehead atoms. The fraction of sp³-hybridized carbons (Fsp3) is 0.700. The van der Waals surface area contributed by atoms with E-state index in [1.165, 1.54) is 16.8 Å². The normalized spacial score (nSPS) is 13.1. The van der Waals surface area contributed by atoms with E-state index in [-0.39, 0.29) is 10.8 Å². The van der Waals surface area contributed by atoms with Crippen LogP contribution in [-0.2, 0) is 10.8 Å². The average Bonchev–Trinajstić information content (AvgIpc) is 2.25. The molecule has 0 saturated heterocycles. The molecule has 1 heteroatoms. The third kappa shape index (κ3) is 4.25. The van der Waals surface area contributed by atoms with Gasteiger partial charge < -0.3 is 4.90 Å². The molecule has 1 aromatic carbocycles. The van der Waals surface area contributed by atoms with Gasteiger partial charge in [0.25, 0.3) is 0 Å². The molecule has 0 spiro atoms. The lowest BCUT2D eigenvalue weighted by Gasteiger charge is -2.36. The second-order valence-electron chi connectivity index (χ2n) is 8.82. The highest BCUT2D eigenvalue weighted by molar-refractivity contribution is 5.55. The average molecular weight is 290 g/mol. The fourth-order valence-corrected chi connectivity index (χ4v) is 3.16. The summed E-state index contributed by atoms with van der Waals surface area (Å²) in [5.74, 6) is 0. The molecule has 0 aliphatic heterocycles. The standard InChI is InChI=1S/C20H35N/c1-14(2)21(15(3)4)16-11-12-17(19(5,6)7)18(13-16)20(8,9)10/h11-15H,1-10H3. The van der Waals surface area contributed by atoms with E-state index in [0.29, 0.717) is 12.1 Å². The summed E-state index contributed by atoms with van der Waals surface area (Å²) in [7, 11) is 0. The van der Waals surface area contributed by atoms with Gasteiger partial charge in [-0.15, -0.1) is 0 Å². The second kappa shape index (κ2) is 6.02. The van der Waals surface area contributed by atoms with Crippen LogP contribution in [-0.4, -0.2) is 12.1 Å². The molecule has 0 radical (unpaired) electrons. The highest BCUT2D eigenvalue weighted by Gasteiger charge is 2.26. The van der Waals surface area contributed by atoms with Gasteiger partial charge >= 0.3 is 0 Å². The third-order valence-electron chi connectivity index (χ3n) is 4.03. The zero-order valence-corrected chi connectivity index (χ0v) is 15.8. The van der Waals surface area contributed by atoms with E-state index in [9.17, 15) is 0 Å². The van der Waals surface area contributed by atoms with Crippen LogP contribution >= 0.6 is 0 Å². The second-order valence-corrected chi connectivity index (χ2v) is 8.82. The smallest absolute Gasteiger partial charge is 0.0373 e. The van der Waals surface area contributed by atoms with Crippen molar-refractivity contribution in [3.8, 4) is 0 Å². The van der Waals surface area contributed by atoms with Crippen molar-refractivity contribution in [3.63, 3.8) is 0 Å². The van der Waals surface area contributed by atoms with Crippen molar-refractivity contribution < 1.29 is 0 Å². The SMILES string of the molecule is CC(C)N(c1ccc(C(C)(C)C)c(C(C)(C)C)c1)C(C)C. The van der Waals surface area contributed by atoms with Gasteiger partial charge in [0.05, 0.1) is 0 Å². The Labute approximate surface area is 132 Å². The first-order valence-corrected chi connectivity index (χ1v) is 8.29. The van der Waals surface area contributed by atoms with Crippen LogP contribution in [0.25, 0.3) is 0 Å². The summed E-state index contributed by atoms with van der Waals surface area (Å²) in [6, 6.07) is 8.08. The van der Waals surface area contributed by atoms with Crippen LogP contribution in [0.15, 0.2) is 18.2 Å². The van der Waals surface area contributed by atoms with Gasteiger partial charge in [0.15, 0.2) is 0 Å². The summed E-state index contributed by atoms with van der Waals surface area (Å²) in [5, 5.41) is 0. The molecule has 120 valence electrons. The Bertz CT molecular complexity index is 462. The number of anilines is 1. The maximum absolute atomic E-state index is 2.50. The number of hydrogen-bond donors (Lipinski definition) is 0. The molecule has 1 rings (SSSR count). The lowest BCUT2D eigenvalue weighted by Crippen LogP contribution is -2.37. The summed E-state index contributed by atoms with van der Waals surface area (Å²) >= 11 is 0. The van der Waals surface area contributed by atoms with Crippen molar-refractivity contribution >= 4 is 5.69 Å². The maximum Gasteiger partial charge on any atom is 0.0373 e. The Balaban J connectivity index is 3.48. The molecule has 21 heavy (non-hydrogen) atoms. The molecular weight excluding hydrogens is 254 g/mol. The van der Waals surface area contributed by atoms with Gasteiger partial charge in [0, 0.05) is 17.8 Å². The molecule has 0 aromatic heterocycles. The maximum atomic E-state index is 2.50. The molecule has 1 nitrogen and oxygen atoms in total. The van der Waals surface area contributed by atoms with E-state index in [1.54, 1.807) is 0 Å². The Morgan fingerprint density at radius 1 is 0.714 bits per heavy atom. The topological polar surface area (TPSA) is 3.24 Å². The molecule has 0 aliphatic carbocycles. The lowest BCUT2D eigenvalue weighted by molar-refractivity contribution is 0.528. The van der Waals surface area contributed by atoms with Crippen LogP contribution in [0.4, 0.5) is 5.69 Å². The summed E-state index contributed by atoms with van der Waals surface area (Å²) in [6.07, 6.45) is 0. The summed E-state index contributed by atoms with van der Waals surface area (Å²) in [6.45, 7) is 23.0. The molecule has 0 atom stereocenters. The Hall–Kier alpha value is -0.980. The molecule has 0 unspecified atom stereocenters. The highest BCUT2D eigenvalue weighted by Crippen LogP contribution is 2.37. The van der Waals surface area contributed by atoms with Crippen molar-refractivity contribution in [2.24, 2.45) is 0 Å². The lowest BCUT2D eigenvalue weighted by atomic mass is 9.75. The van der Waals surface area contributed by atoms with Crippen LogP contribution in [0.3, 0.4) is 0 Å². The number of benzene rings is 1. The van der Waals surface area contributed by atoms with Crippen LogP contribution in [0.5, 0.6) is 0 Å². The van der Waals surface area contributed by atoms with Gasteiger partial charge in [-0.2, -0.15) is 0 Å². The van der Waals surface area contributed by atoms with Gasteiger partial charge in [-0.3, -0.25) is 0 Å². The van der Waals surface area contributed by atoms with Crippen LogP contribution < -0.4 is 4.90 Å². The molecule has 0 heterocycles. The zero-order valence-electron chi connectivity index (χ0n) is 15.8. The van der Waals surface area contributed by atoms with Crippen molar-refractivity contribution in [2.45, 2.75) is 92.2 Å². The molecule has 0 N–H and O–H groups in total. The molecule has 0 amide bonds. The molecule has 0 aliphatic rings. The minimum atomic E-state index is 0.165. The third-order valence-corrected chi connectivity index (χ3v) is 4.03. The van der Waals surface area contributed by atoms with E-state index in [4.69, 9.17) is 0 Å². The minimum absolute atomic E-state index is 0.165.